The minimum atomic E-state index is 0.433. The van der Waals surface area contributed by atoms with Crippen molar-refractivity contribution in [1.29, 1.82) is 0 Å². The predicted molar refractivity (Wildman–Crippen MR) is 94.2 cm³/mol. The number of hydrogen-bond acceptors (Lipinski definition) is 2. The fourth-order valence-electron chi connectivity index (χ4n) is 2.86. The van der Waals surface area contributed by atoms with Crippen molar-refractivity contribution in [3.8, 4) is 0 Å². The van der Waals surface area contributed by atoms with Gasteiger partial charge in [-0.3, -0.25) is 0 Å². The third-order valence-corrected chi connectivity index (χ3v) is 5.33. The first-order chi connectivity index (χ1) is 10.3. The first-order valence-electron chi connectivity index (χ1n) is 8.17. The normalized spacial score (nSPS) is 14.0. The molecule has 0 fully saturated rings. The second kappa shape index (κ2) is 8.35. The average molecular weight is 301 g/mol. The molecule has 0 aliphatic heterocycles. The molecule has 0 aliphatic carbocycles. The summed E-state index contributed by atoms with van der Waals surface area (Å²) in [5.41, 5.74) is 1.44. The first-order valence-corrected chi connectivity index (χ1v) is 8.98. The van der Waals surface area contributed by atoms with E-state index in [9.17, 15) is 0 Å². The molecule has 1 heterocycles. The molecule has 2 atom stereocenters. The highest BCUT2D eigenvalue weighted by Crippen LogP contribution is 2.37. The van der Waals surface area contributed by atoms with Gasteiger partial charge in [-0.15, -0.1) is 11.3 Å². The van der Waals surface area contributed by atoms with Gasteiger partial charge in [0.25, 0.3) is 0 Å². The molecule has 0 saturated heterocycles. The predicted octanol–water partition coefficient (Wildman–Crippen LogP) is 5.55. The number of benzene rings is 1. The molecule has 0 radical (unpaired) electrons. The van der Waals surface area contributed by atoms with Gasteiger partial charge in [0.15, 0.2) is 0 Å². The summed E-state index contributed by atoms with van der Waals surface area (Å²) < 4.78 is 0. The maximum Gasteiger partial charge on any atom is 0.0484 e. The van der Waals surface area contributed by atoms with Gasteiger partial charge in [-0.05, 0) is 43.5 Å². The van der Waals surface area contributed by atoms with E-state index in [1.165, 1.54) is 21.7 Å². The molecule has 0 aliphatic rings. The number of aryl methyl sites for hydroxylation is 1. The van der Waals surface area contributed by atoms with Gasteiger partial charge in [-0.25, -0.2) is 0 Å². The molecule has 1 N–H and O–H groups in total. The second-order valence-corrected chi connectivity index (χ2v) is 6.71. The van der Waals surface area contributed by atoms with Crippen molar-refractivity contribution in [3.63, 3.8) is 0 Å². The molecule has 2 aromatic rings. The van der Waals surface area contributed by atoms with Gasteiger partial charge in [0.2, 0.25) is 0 Å². The molecule has 1 aromatic carbocycles. The van der Waals surface area contributed by atoms with E-state index in [0.29, 0.717) is 12.0 Å². The highest BCUT2D eigenvalue weighted by atomic mass is 32.1. The minimum absolute atomic E-state index is 0.433. The monoisotopic (exact) mass is 301 g/mol. The smallest absolute Gasteiger partial charge is 0.0484 e. The van der Waals surface area contributed by atoms with E-state index < -0.39 is 0 Å². The Morgan fingerprint density at radius 3 is 2.33 bits per heavy atom. The number of nitrogens with one attached hydrogen (secondary N) is 1. The maximum absolute atomic E-state index is 3.78. The van der Waals surface area contributed by atoms with Crippen molar-refractivity contribution in [2.75, 3.05) is 6.54 Å². The lowest BCUT2D eigenvalue weighted by Crippen LogP contribution is -2.27. The third kappa shape index (κ3) is 4.18. The van der Waals surface area contributed by atoms with Crippen LogP contribution in [-0.2, 0) is 6.42 Å². The van der Waals surface area contributed by atoms with Crippen LogP contribution in [0.4, 0.5) is 0 Å². The Morgan fingerprint density at radius 1 is 1.00 bits per heavy atom. The highest BCUT2D eigenvalue weighted by molar-refractivity contribution is 7.12. The Hall–Kier alpha value is -1.12. The fourth-order valence-corrected chi connectivity index (χ4v) is 3.95. The Morgan fingerprint density at radius 2 is 1.76 bits per heavy atom. The van der Waals surface area contributed by atoms with Crippen LogP contribution in [0.3, 0.4) is 0 Å². The molecule has 0 bridgehead atoms. The van der Waals surface area contributed by atoms with E-state index >= 15 is 0 Å². The molecule has 21 heavy (non-hydrogen) atoms. The Kier molecular flexibility index (Phi) is 6.47. The topological polar surface area (TPSA) is 12.0 Å². The zero-order chi connectivity index (χ0) is 15.1. The van der Waals surface area contributed by atoms with Crippen molar-refractivity contribution in [2.45, 2.75) is 52.0 Å². The number of hydrogen-bond donors (Lipinski definition) is 1. The molecule has 2 rings (SSSR count). The SMILES string of the molecule is CCCNC(c1ccc(CC)s1)C(CC)c1ccccc1. The quantitative estimate of drug-likeness (QED) is 0.674. The number of rotatable bonds is 8. The van der Waals surface area contributed by atoms with Crippen LogP contribution >= 0.6 is 11.3 Å². The number of thiophene rings is 1. The summed E-state index contributed by atoms with van der Waals surface area (Å²) in [4.78, 5) is 2.97. The van der Waals surface area contributed by atoms with Gasteiger partial charge >= 0.3 is 0 Å². The summed E-state index contributed by atoms with van der Waals surface area (Å²) in [5.74, 6) is 0.543. The van der Waals surface area contributed by atoms with Crippen molar-refractivity contribution in [2.24, 2.45) is 0 Å². The standard InChI is InChI=1S/C19H27NS/c1-4-14-20-19(18-13-12-16(5-2)21-18)17(6-3)15-10-8-7-9-11-15/h7-13,17,19-20H,4-6,14H2,1-3H3. The lowest BCUT2D eigenvalue weighted by molar-refractivity contribution is 0.441. The Bertz CT molecular complexity index is 517. The zero-order valence-electron chi connectivity index (χ0n) is 13.4. The molecule has 0 saturated carbocycles. The lowest BCUT2D eigenvalue weighted by Gasteiger charge is -2.27. The van der Waals surface area contributed by atoms with E-state index in [4.69, 9.17) is 0 Å². The van der Waals surface area contributed by atoms with E-state index in [2.05, 4.69) is 68.6 Å². The van der Waals surface area contributed by atoms with Crippen LogP contribution in [0.25, 0.3) is 0 Å². The molecular weight excluding hydrogens is 274 g/mol. The third-order valence-electron chi connectivity index (χ3n) is 4.02. The van der Waals surface area contributed by atoms with Crippen molar-refractivity contribution >= 4 is 11.3 Å². The van der Waals surface area contributed by atoms with Crippen LogP contribution in [0, 0.1) is 0 Å². The van der Waals surface area contributed by atoms with E-state index in [1.54, 1.807) is 0 Å². The van der Waals surface area contributed by atoms with E-state index in [1.807, 2.05) is 11.3 Å². The van der Waals surface area contributed by atoms with Crippen molar-refractivity contribution in [3.05, 3.63) is 57.8 Å². The first kappa shape index (κ1) is 16.3. The minimum Gasteiger partial charge on any atom is -0.309 e. The second-order valence-electron chi connectivity index (χ2n) is 5.51. The van der Waals surface area contributed by atoms with Crippen LogP contribution in [-0.4, -0.2) is 6.54 Å². The van der Waals surface area contributed by atoms with E-state index in [-0.39, 0.29) is 0 Å². The molecule has 1 nitrogen and oxygen atoms in total. The van der Waals surface area contributed by atoms with Gasteiger partial charge in [0.1, 0.15) is 0 Å². The van der Waals surface area contributed by atoms with E-state index in [0.717, 1.165) is 19.4 Å². The Labute approximate surface area is 133 Å². The summed E-state index contributed by atoms with van der Waals surface area (Å²) in [6, 6.07) is 16.0. The summed E-state index contributed by atoms with van der Waals surface area (Å²) in [6.07, 6.45) is 3.46. The van der Waals surface area contributed by atoms with Crippen molar-refractivity contribution in [1.82, 2.24) is 5.32 Å². The Balaban J connectivity index is 2.28. The molecule has 0 spiro atoms. The van der Waals surface area contributed by atoms with Gasteiger partial charge in [0.05, 0.1) is 0 Å². The summed E-state index contributed by atoms with van der Waals surface area (Å²) >= 11 is 1.97. The molecule has 2 heteroatoms. The van der Waals surface area contributed by atoms with Crippen LogP contribution < -0.4 is 5.32 Å². The van der Waals surface area contributed by atoms with Crippen LogP contribution in [0.15, 0.2) is 42.5 Å². The highest BCUT2D eigenvalue weighted by Gasteiger charge is 2.24. The molecule has 0 amide bonds. The van der Waals surface area contributed by atoms with Crippen molar-refractivity contribution < 1.29 is 0 Å². The van der Waals surface area contributed by atoms with Crippen LogP contribution in [0.5, 0.6) is 0 Å². The summed E-state index contributed by atoms with van der Waals surface area (Å²) in [5, 5.41) is 3.78. The van der Waals surface area contributed by atoms with Crippen LogP contribution in [0.2, 0.25) is 0 Å². The largest absolute Gasteiger partial charge is 0.309 e. The fraction of sp³-hybridized carbons (Fsp3) is 0.474. The van der Waals surface area contributed by atoms with Gasteiger partial charge in [-0.2, -0.15) is 0 Å². The van der Waals surface area contributed by atoms with Gasteiger partial charge in [-0.1, -0.05) is 51.1 Å². The summed E-state index contributed by atoms with van der Waals surface area (Å²) in [7, 11) is 0. The lowest BCUT2D eigenvalue weighted by atomic mass is 9.88. The average Bonchev–Trinajstić information content (AvgIpc) is 3.01. The van der Waals surface area contributed by atoms with Gasteiger partial charge < -0.3 is 5.32 Å². The molecule has 114 valence electrons. The van der Waals surface area contributed by atoms with Gasteiger partial charge in [0, 0.05) is 21.7 Å². The van der Waals surface area contributed by atoms with Crippen LogP contribution in [0.1, 0.15) is 60.9 Å². The zero-order valence-corrected chi connectivity index (χ0v) is 14.2. The maximum atomic E-state index is 3.78. The molecule has 1 aromatic heterocycles. The summed E-state index contributed by atoms with van der Waals surface area (Å²) in [6.45, 7) is 7.85. The molecule has 2 unspecified atom stereocenters. The molecular formula is C19H27NS.